The Morgan fingerprint density at radius 2 is 2.00 bits per heavy atom. The molecule has 1 rings (SSSR count). The van der Waals surface area contributed by atoms with Crippen molar-refractivity contribution in [2.24, 2.45) is 4.99 Å². The summed E-state index contributed by atoms with van der Waals surface area (Å²) in [6.07, 6.45) is 2.30. The molecule has 0 N–H and O–H groups in total. The summed E-state index contributed by atoms with van der Waals surface area (Å²) in [5.41, 5.74) is 1.10. The molecule has 1 aromatic rings. The van der Waals surface area contributed by atoms with E-state index in [1.165, 1.54) is 6.42 Å². The van der Waals surface area contributed by atoms with E-state index >= 15 is 0 Å². The fraction of sp³-hybridized carbons (Fsp3) is 0.462. The Morgan fingerprint density at radius 3 is 2.53 bits per heavy atom. The molecule has 93 valence electrons. The molecule has 0 saturated heterocycles. The molecule has 0 saturated carbocycles. The standard InChI is InChI=1S/C13H19N2OSe/c1-4-5-10-14-13(17)15(2)11-6-8-12(16-3)9-7-11/h6-9H,4-5,10H2,1-3H3. The van der Waals surface area contributed by atoms with E-state index in [2.05, 4.69) is 27.9 Å². The predicted octanol–water partition coefficient (Wildman–Crippen LogP) is 2.46. The van der Waals surface area contributed by atoms with Gasteiger partial charge in [0.15, 0.2) is 0 Å². The van der Waals surface area contributed by atoms with Crippen LogP contribution in [0, 0.1) is 0 Å². The minimum atomic E-state index is 0.867. The third kappa shape index (κ3) is 4.41. The monoisotopic (exact) mass is 299 g/mol. The Balaban J connectivity index is 2.67. The first-order valence-electron chi connectivity index (χ1n) is 5.78. The molecule has 0 fully saturated rings. The van der Waals surface area contributed by atoms with Gasteiger partial charge in [0.1, 0.15) is 0 Å². The summed E-state index contributed by atoms with van der Waals surface area (Å²) in [5.74, 6) is 0.867. The van der Waals surface area contributed by atoms with Crippen LogP contribution in [-0.2, 0) is 0 Å². The first-order chi connectivity index (χ1) is 8.19. The number of hydrogen-bond acceptors (Lipinski definition) is 2. The normalized spacial score (nSPS) is 11.4. The Hall–Kier alpha value is -0.991. The topological polar surface area (TPSA) is 24.8 Å². The van der Waals surface area contributed by atoms with Crippen LogP contribution < -0.4 is 9.64 Å². The molecule has 0 spiro atoms. The molecule has 0 amide bonds. The summed E-state index contributed by atoms with van der Waals surface area (Å²) in [7, 11) is 3.67. The van der Waals surface area contributed by atoms with Gasteiger partial charge in [0.2, 0.25) is 0 Å². The molecule has 3 nitrogen and oxygen atoms in total. The number of amidine groups is 1. The van der Waals surface area contributed by atoms with Crippen molar-refractivity contribution in [1.29, 1.82) is 0 Å². The fourth-order valence-corrected chi connectivity index (χ4v) is 1.77. The van der Waals surface area contributed by atoms with Gasteiger partial charge in [0.05, 0.1) is 0 Å². The number of aliphatic imine (C=N–C) groups is 1. The number of benzene rings is 1. The van der Waals surface area contributed by atoms with E-state index in [1.54, 1.807) is 7.11 Å². The van der Waals surface area contributed by atoms with E-state index in [-0.39, 0.29) is 0 Å². The average molecular weight is 298 g/mol. The molecule has 0 aliphatic heterocycles. The first-order valence-corrected chi connectivity index (χ1v) is 6.64. The van der Waals surface area contributed by atoms with Crippen LogP contribution in [-0.4, -0.2) is 41.4 Å². The van der Waals surface area contributed by atoms with Gasteiger partial charge in [0.25, 0.3) is 0 Å². The zero-order chi connectivity index (χ0) is 12.7. The number of hydrogen-bond donors (Lipinski definition) is 0. The summed E-state index contributed by atoms with van der Waals surface area (Å²) >= 11 is 3.01. The van der Waals surface area contributed by atoms with Gasteiger partial charge in [-0.15, -0.1) is 0 Å². The quantitative estimate of drug-likeness (QED) is 0.361. The number of anilines is 1. The van der Waals surface area contributed by atoms with Crippen LogP contribution in [0.2, 0.25) is 0 Å². The Morgan fingerprint density at radius 1 is 1.35 bits per heavy atom. The van der Waals surface area contributed by atoms with Crippen LogP contribution in [0.1, 0.15) is 19.8 Å². The van der Waals surface area contributed by atoms with Crippen molar-refractivity contribution >= 4 is 26.4 Å². The van der Waals surface area contributed by atoms with Crippen molar-refractivity contribution in [1.82, 2.24) is 0 Å². The number of unbranched alkanes of at least 4 members (excludes halogenated alkanes) is 1. The Labute approximate surface area is 112 Å². The molecule has 0 unspecified atom stereocenters. The summed E-state index contributed by atoms with van der Waals surface area (Å²) in [6.45, 7) is 3.04. The van der Waals surface area contributed by atoms with Crippen molar-refractivity contribution in [3.8, 4) is 5.75 Å². The second-order valence-corrected chi connectivity index (χ2v) is 4.54. The molecule has 0 heterocycles. The van der Waals surface area contributed by atoms with Crippen LogP contribution in [0.25, 0.3) is 0 Å². The summed E-state index contributed by atoms with van der Waals surface area (Å²) < 4.78 is 6.05. The van der Waals surface area contributed by atoms with Gasteiger partial charge in [-0.1, -0.05) is 0 Å². The van der Waals surface area contributed by atoms with Crippen molar-refractivity contribution in [3.63, 3.8) is 0 Å². The van der Waals surface area contributed by atoms with Gasteiger partial charge in [0, 0.05) is 0 Å². The van der Waals surface area contributed by atoms with E-state index in [9.17, 15) is 0 Å². The van der Waals surface area contributed by atoms with Crippen LogP contribution >= 0.6 is 0 Å². The van der Waals surface area contributed by atoms with Crippen molar-refractivity contribution < 1.29 is 4.74 Å². The Kier molecular flexibility index (Phi) is 6.09. The second kappa shape index (κ2) is 7.36. The predicted molar refractivity (Wildman–Crippen MR) is 74.4 cm³/mol. The summed E-state index contributed by atoms with van der Waals surface area (Å²) in [5, 5.41) is 0. The molecule has 0 aliphatic carbocycles. The number of ether oxygens (including phenoxy) is 1. The van der Waals surface area contributed by atoms with E-state index in [4.69, 9.17) is 4.74 Å². The van der Waals surface area contributed by atoms with Gasteiger partial charge < -0.3 is 0 Å². The van der Waals surface area contributed by atoms with Crippen LogP contribution in [0.5, 0.6) is 5.75 Å². The molecule has 1 radical (unpaired) electrons. The molecular weight excluding hydrogens is 279 g/mol. The summed E-state index contributed by atoms with van der Waals surface area (Å²) in [4.78, 5) is 6.53. The number of rotatable bonds is 5. The fourth-order valence-electron chi connectivity index (χ4n) is 1.36. The van der Waals surface area contributed by atoms with Crippen LogP contribution in [0.4, 0.5) is 5.69 Å². The zero-order valence-electron chi connectivity index (χ0n) is 10.6. The summed E-state index contributed by atoms with van der Waals surface area (Å²) in [6, 6.07) is 7.94. The zero-order valence-corrected chi connectivity index (χ0v) is 12.4. The van der Waals surface area contributed by atoms with E-state index in [1.807, 2.05) is 36.2 Å². The van der Waals surface area contributed by atoms with Crippen molar-refractivity contribution in [2.75, 3.05) is 25.6 Å². The second-order valence-electron chi connectivity index (χ2n) is 3.77. The van der Waals surface area contributed by atoms with Crippen LogP contribution in [0.15, 0.2) is 29.3 Å². The molecule has 0 bridgehead atoms. The van der Waals surface area contributed by atoms with Gasteiger partial charge in [-0.3, -0.25) is 0 Å². The third-order valence-electron chi connectivity index (χ3n) is 2.51. The van der Waals surface area contributed by atoms with E-state index in [0.29, 0.717) is 0 Å². The number of nitrogens with zero attached hydrogens (tertiary/aromatic N) is 2. The van der Waals surface area contributed by atoms with Gasteiger partial charge in [-0.2, -0.15) is 0 Å². The van der Waals surface area contributed by atoms with Gasteiger partial charge >= 0.3 is 112 Å². The molecule has 4 heteroatoms. The average Bonchev–Trinajstić information content (AvgIpc) is 2.38. The Bertz CT molecular complexity index is 362. The molecular formula is C13H19N2OSe. The molecule has 0 atom stereocenters. The van der Waals surface area contributed by atoms with Crippen molar-refractivity contribution in [3.05, 3.63) is 24.3 Å². The van der Waals surface area contributed by atoms with E-state index < -0.39 is 0 Å². The molecule has 1 aromatic carbocycles. The molecule has 0 aliphatic rings. The van der Waals surface area contributed by atoms with Gasteiger partial charge in [-0.05, 0) is 0 Å². The minimum absolute atomic E-state index is 0.867. The SMILES string of the molecule is CCCCN=C([Se])N(C)c1ccc(OC)cc1. The van der Waals surface area contributed by atoms with E-state index in [0.717, 1.165) is 29.1 Å². The maximum atomic E-state index is 5.13. The third-order valence-corrected chi connectivity index (χ3v) is 3.35. The van der Waals surface area contributed by atoms with Crippen LogP contribution in [0.3, 0.4) is 0 Å². The maximum absolute atomic E-state index is 5.13. The number of methoxy groups -OCH3 is 1. The van der Waals surface area contributed by atoms with Gasteiger partial charge in [-0.25, -0.2) is 0 Å². The molecule has 0 aromatic heterocycles. The van der Waals surface area contributed by atoms with Crippen molar-refractivity contribution in [2.45, 2.75) is 19.8 Å². The molecule has 17 heavy (non-hydrogen) atoms. The first kappa shape index (κ1) is 14.1.